The second-order valence-corrected chi connectivity index (χ2v) is 21.7. The number of aliphatic hydroxyl groups excluding tert-OH is 2. The van der Waals surface area contributed by atoms with Crippen LogP contribution in [0.15, 0.2) is 36.5 Å². The van der Waals surface area contributed by atoms with Crippen molar-refractivity contribution in [3.8, 4) is 0 Å². The number of allylic oxidation sites excluding steroid dienone is 6. The molecule has 74 heavy (non-hydrogen) atoms. The zero-order chi connectivity index (χ0) is 54.0. The molecule has 0 aliphatic carbocycles. The molecule has 0 aliphatic heterocycles. The standard InChI is InChI=1S/C40H75O7P.C21H40O4.Na/c1-3-5-7-9-11-13-15-17-19-21-23-25-27-29-31-33-38(41)35-36-39(37-46-48(43,44)45)47-40(42)34-32-30-28-26-24-22-20-18-16-14-12-10-8-6-4-2;1-2-3-4-5-6-7-8-9-10-11-12-13-14-15-16-17-21(24)25-19-20(23)18-22;/h17-20,39H,3-16,21-37H2,1-2H3,(H2,43,44,45);9-10,20,22-23H,2-8,11-19H2,1H3;/q;;+1/p-1/b19-17-,20-18-;10-9-;/t39-;;/m1../s1. The Hall–Kier alpha value is -1.14. The van der Waals surface area contributed by atoms with Crippen molar-refractivity contribution in [2.75, 3.05) is 19.8 Å². The first-order valence-corrected chi connectivity index (χ1v) is 31.8. The van der Waals surface area contributed by atoms with Gasteiger partial charge in [0.05, 0.1) is 13.2 Å². The SMILES string of the molecule is CCCCCCCC/C=C\CCCCCCCC(=O)CC[C@H](COP(=O)([O-])O)OC(=O)CCCCCCC/C=C\CCCCCCCC.CCCCCCCC/C=C\CCCCCCCC(=O)OCC(O)CO.[Na+]. The number of phosphoric acid groups is 1. The predicted octanol–water partition coefficient (Wildman–Crippen LogP) is 13.7. The van der Waals surface area contributed by atoms with Crippen molar-refractivity contribution in [3.63, 3.8) is 0 Å². The van der Waals surface area contributed by atoms with Crippen LogP contribution in [0.4, 0.5) is 0 Å². The Bertz CT molecular complexity index is 1340. The zero-order valence-corrected chi connectivity index (χ0v) is 51.3. The van der Waals surface area contributed by atoms with Gasteiger partial charge in [-0.3, -0.25) is 18.9 Å². The number of unbranched alkanes of at least 4 members (excludes halogenated alkanes) is 33. The third-order valence-electron chi connectivity index (χ3n) is 13.1. The van der Waals surface area contributed by atoms with Gasteiger partial charge in [-0.05, 0) is 103 Å². The van der Waals surface area contributed by atoms with Crippen molar-refractivity contribution < 1.29 is 82.5 Å². The summed E-state index contributed by atoms with van der Waals surface area (Å²) in [5, 5.41) is 17.7. The van der Waals surface area contributed by atoms with E-state index in [1.807, 2.05) is 0 Å². The van der Waals surface area contributed by atoms with E-state index in [0.717, 1.165) is 89.9 Å². The molecule has 0 saturated carbocycles. The van der Waals surface area contributed by atoms with Gasteiger partial charge in [0, 0.05) is 25.7 Å². The van der Waals surface area contributed by atoms with Crippen molar-refractivity contribution in [1.82, 2.24) is 0 Å². The summed E-state index contributed by atoms with van der Waals surface area (Å²) in [6.07, 6.45) is 60.4. The Morgan fingerprint density at radius 1 is 0.459 bits per heavy atom. The second kappa shape index (κ2) is 62.7. The molecule has 0 aliphatic rings. The summed E-state index contributed by atoms with van der Waals surface area (Å²) in [5.41, 5.74) is 0. The molecule has 0 aromatic carbocycles. The minimum absolute atomic E-state index is 0. The Balaban J connectivity index is -0.00000163. The molecule has 13 heteroatoms. The van der Waals surface area contributed by atoms with Gasteiger partial charge in [-0.2, -0.15) is 0 Å². The number of ketones is 1. The van der Waals surface area contributed by atoms with E-state index in [1.165, 1.54) is 154 Å². The third kappa shape index (κ3) is 67.0. The maximum Gasteiger partial charge on any atom is 1.00 e. The summed E-state index contributed by atoms with van der Waals surface area (Å²) in [6, 6.07) is 0. The first-order chi connectivity index (χ1) is 35.5. The fraction of sp³-hybridized carbons (Fsp3) is 0.852. The molecule has 11 nitrogen and oxygen atoms in total. The Morgan fingerprint density at radius 3 is 1.11 bits per heavy atom. The van der Waals surface area contributed by atoms with Crippen LogP contribution in [0.25, 0.3) is 0 Å². The van der Waals surface area contributed by atoms with Crippen LogP contribution in [-0.2, 0) is 32.9 Å². The number of hydrogen-bond acceptors (Lipinski definition) is 10. The summed E-state index contributed by atoms with van der Waals surface area (Å²) in [5.74, 6) is -0.644. The molecule has 0 spiro atoms. The number of esters is 2. The third-order valence-corrected chi connectivity index (χ3v) is 13.6. The molecule has 430 valence electrons. The fourth-order valence-corrected chi connectivity index (χ4v) is 8.79. The van der Waals surface area contributed by atoms with Crippen molar-refractivity contribution in [3.05, 3.63) is 36.5 Å². The molecule has 0 rings (SSSR count). The number of ether oxygens (including phenoxy) is 2. The molecule has 0 radical (unpaired) electrons. The summed E-state index contributed by atoms with van der Waals surface area (Å²) >= 11 is 0. The van der Waals surface area contributed by atoms with E-state index in [9.17, 15) is 23.8 Å². The summed E-state index contributed by atoms with van der Waals surface area (Å²) in [6.45, 7) is 5.79. The molecule has 3 atom stereocenters. The van der Waals surface area contributed by atoms with E-state index < -0.39 is 32.6 Å². The normalized spacial score (nSPS) is 13.2. The number of carbonyl (C=O) groups is 3. The molecule has 2 unspecified atom stereocenters. The number of phosphoric ester groups is 1. The number of rotatable bonds is 55. The van der Waals surface area contributed by atoms with Crippen LogP contribution in [0.1, 0.15) is 303 Å². The molecule has 0 bridgehead atoms. The van der Waals surface area contributed by atoms with Crippen LogP contribution in [0, 0.1) is 0 Å². The Labute approximate surface area is 477 Å². The monoisotopic (exact) mass is 1080 g/mol. The van der Waals surface area contributed by atoms with Crippen LogP contribution in [0.5, 0.6) is 0 Å². The van der Waals surface area contributed by atoms with Gasteiger partial charge in [-0.25, -0.2) is 0 Å². The Morgan fingerprint density at radius 2 is 0.770 bits per heavy atom. The first kappa shape index (κ1) is 77.1. The zero-order valence-electron chi connectivity index (χ0n) is 48.4. The number of Topliss-reactive ketones (excluding diaryl/α,β-unsaturated/α-hetero) is 1. The van der Waals surface area contributed by atoms with Crippen LogP contribution < -0.4 is 34.5 Å². The number of carbonyl (C=O) groups excluding carboxylic acids is 3. The average molecular weight is 1080 g/mol. The molecule has 0 heterocycles. The molecule has 0 aromatic heterocycles. The molecule has 0 saturated heterocycles. The van der Waals surface area contributed by atoms with Gasteiger partial charge in [0.1, 0.15) is 24.6 Å². The molecule has 0 fully saturated rings. The molecular weight excluding hydrogens is 963 g/mol. The van der Waals surface area contributed by atoms with Gasteiger partial charge in [-0.1, -0.05) is 211 Å². The van der Waals surface area contributed by atoms with Crippen LogP contribution >= 0.6 is 7.82 Å². The molecule has 0 amide bonds. The maximum absolute atomic E-state index is 12.4. The van der Waals surface area contributed by atoms with Gasteiger partial charge in [-0.15, -0.1) is 0 Å². The summed E-state index contributed by atoms with van der Waals surface area (Å²) < 4.78 is 25.9. The van der Waals surface area contributed by atoms with Gasteiger partial charge in [0.2, 0.25) is 0 Å². The topological polar surface area (TPSA) is 180 Å². The van der Waals surface area contributed by atoms with Crippen molar-refractivity contribution in [2.24, 2.45) is 0 Å². The summed E-state index contributed by atoms with van der Waals surface area (Å²) in [4.78, 5) is 56.3. The van der Waals surface area contributed by atoms with Crippen LogP contribution in [-0.4, -0.2) is 64.9 Å². The van der Waals surface area contributed by atoms with E-state index in [2.05, 4.69) is 61.8 Å². The molecular formula is C61H114NaO11P. The summed E-state index contributed by atoms with van der Waals surface area (Å²) in [7, 11) is -4.95. The Kier molecular flexibility index (Phi) is 65.3. The number of aliphatic hydroxyl groups is 2. The second-order valence-electron chi connectivity index (χ2n) is 20.5. The van der Waals surface area contributed by atoms with Gasteiger partial charge < -0.3 is 34.0 Å². The van der Waals surface area contributed by atoms with Crippen molar-refractivity contribution in [2.45, 2.75) is 315 Å². The van der Waals surface area contributed by atoms with E-state index in [4.69, 9.17) is 24.6 Å². The van der Waals surface area contributed by atoms with Crippen molar-refractivity contribution in [1.29, 1.82) is 0 Å². The maximum atomic E-state index is 12.4. The van der Waals surface area contributed by atoms with Crippen molar-refractivity contribution >= 4 is 25.5 Å². The van der Waals surface area contributed by atoms with Crippen LogP contribution in [0.2, 0.25) is 0 Å². The fourth-order valence-electron chi connectivity index (χ4n) is 8.43. The molecule has 0 aromatic rings. The van der Waals surface area contributed by atoms with Gasteiger partial charge in [0.25, 0.3) is 7.82 Å². The quantitative estimate of drug-likeness (QED) is 0.0173. The van der Waals surface area contributed by atoms with Gasteiger partial charge >= 0.3 is 41.5 Å². The predicted molar refractivity (Wildman–Crippen MR) is 302 cm³/mol. The molecule has 3 N–H and O–H groups in total. The minimum Gasteiger partial charge on any atom is -0.756 e. The van der Waals surface area contributed by atoms with E-state index in [0.29, 0.717) is 19.3 Å². The van der Waals surface area contributed by atoms with E-state index in [1.54, 1.807) is 0 Å². The first-order valence-electron chi connectivity index (χ1n) is 30.3. The van der Waals surface area contributed by atoms with Gasteiger partial charge in [0.15, 0.2) is 0 Å². The number of hydrogen-bond donors (Lipinski definition) is 3. The smallest absolute Gasteiger partial charge is 0.756 e. The van der Waals surface area contributed by atoms with Crippen LogP contribution in [0.3, 0.4) is 0 Å². The van der Waals surface area contributed by atoms with E-state index in [-0.39, 0.29) is 73.8 Å². The minimum atomic E-state index is -4.95. The largest absolute Gasteiger partial charge is 1.00 e. The van der Waals surface area contributed by atoms with E-state index >= 15 is 0 Å². The average Bonchev–Trinajstić information content (AvgIpc) is 3.37.